The number of amides is 1. The van der Waals surface area contributed by atoms with E-state index in [1.807, 2.05) is 0 Å². The molecule has 2 aliphatic heterocycles. The number of hydrogen-bond acceptors (Lipinski definition) is 3. The fourth-order valence-corrected chi connectivity index (χ4v) is 5.14. The summed E-state index contributed by atoms with van der Waals surface area (Å²) in [4.78, 5) is 20.6. The number of rotatable bonds is 5. The third-order valence-corrected chi connectivity index (χ3v) is 7.05. The molecule has 162 valence electrons. The maximum absolute atomic E-state index is 13.6. The number of anilines is 1. The van der Waals surface area contributed by atoms with Crippen molar-refractivity contribution in [1.82, 2.24) is 14.4 Å². The number of hydrogen-bond donors (Lipinski definition) is 0. The highest BCUT2D eigenvalue weighted by atomic mass is 16.2. The lowest BCUT2D eigenvalue weighted by molar-refractivity contribution is 0.0781. The van der Waals surface area contributed by atoms with Crippen LogP contribution in [0, 0.1) is 20.8 Å². The summed E-state index contributed by atoms with van der Waals surface area (Å²) in [7, 11) is 0. The van der Waals surface area contributed by atoms with Gasteiger partial charge in [0, 0.05) is 57.1 Å². The van der Waals surface area contributed by atoms with Crippen LogP contribution in [0.4, 0.5) is 5.69 Å². The van der Waals surface area contributed by atoms with Crippen molar-refractivity contribution in [3.63, 3.8) is 0 Å². The average molecular weight is 409 g/mol. The SMILES string of the molecule is CCN1CCN(c2c(C)c(C(=O)N3CCCC3)n(Cc3ccccc3C)c2C)CC1. The van der Waals surface area contributed by atoms with Crippen LogP contribution in [0.3, 0.4) is 0 Å². The van der Waals surface area contributed by atoms with Gasteiger partial charge in [0.1, 0.15) is 5.69 Å². The van der Waals surface area contributed by atoms with Crippen LogP contribution in [0.5, 0.6) is 0 Å². The van der Waals surface area contributed by atoms with Crippen molar-refractivity contribution in [2.45, 2.75) is 47.1 Å². The zero-order valence-electron chi connectivity index (χ0n) is 19.1. The molecule has 4 rings (SSSR count). The van der Waals surface area contributed by atoms with Gasteiger partial charge in [-0.05, 0) is 51.3 Å². The van der Waals surface area contributed by atoms with Crippen LogP contribution in [0.15, 0.2) is 24.3 Å². The molecule has 3 heterocycles. The molecule has 0 bridgehead atoms. The van der Waals surface area contributed by atoms with Crippen LogP contribution in [-0.2, 0) is 6.54 Å². The van der Waals surface area contributed by atoms with Crippen LogP contribution in [-0.4, -0.2) is 66.1 Å². The Morgan fingerprint density at radius 2 is 1.60 bits per heavy atom. The molecule has 5 nitrogen and oxygen atoms in total. The number of nitrogens with zero attached hydrogens (tertiary/aromatic N) is 4. The molecular weight excluding hydrogens is 372 g/mol. The molecule has 1 amide bonds. The standard InChI is InChI=1S/C25H36N4O/c1-5-26-14-16-27(17-15-26)23-20(3)24(25(30)28-12-8-9-13-28)29(21(23)4)18-22-11-7-6-10-19(22)2/h6-7,10-11H,5,8-9,12-18H2,1-4H3. The smallest absolute Gasteiger partial charge is 0.270 e. The quantitative estimate of drug-likeness (QED) is 0.753. The summed E-state index contributed by atoms with van der Waals surface area (Å²) in [6.45, 7) is 16.6. The Labute approximate surface area is 181 Å². The van der Waals surface area contributed by atoms with E-state index < -0.39 is 0 Å². The molecule has 0 unspecified atom stereocenters. The molecule has 2 fully saturated rings. The lowest BCUT2D eigenvalue weighted by atomic mass is 10.1. The second kappa shape index (κ2) is 8.84. The number of likely N-dealkylation sites (tertiary alicyclic amines) is 1. The Kier molecular flexibility index (Phi) is 6.19. The topological polar surface area (TPSA) is 31.7 Å². The predicted octanol–water partition coefficient (Wildman–Crippen LogP) is 3.84. The number of carbonyl (C=O) groups excluding carboxylic acids is 1. The zero-order chi connectivity index (χ0) is 21.3. The van der Waals surface area contributed by atoms with Gasteiger partial charge >= 0.3 is 0 Å². The first-order valence-corrected chi connectivity index (χ1v) is 11.5. The Hall–Kier alpha value is -2.27. The average Bonchev–Trinajstić information content (AvgIpc) is 3.37. The van der Waals surface area contributed by atoms with Crippen molar-refractivity contribution in [3.05, 3.63) is 52.3 Å². The van der Waals surface area contributed by atoms with E-state index in [0.29, 0.717) is 0 Å². The molecule has 30 heavy (non-hydrogen) atoms. The number of benzene rings is 1. The van der Waals surface area contributed by atoms with Crippen LogP contribution >= 0.6 is 0 Å². The van der Waals surface area contributed by atoms with Crippen molar-refractivity contribution >= 4 is 11.6 Å². The van der Waals surface area contributed by atoms with Crippen molar-refractivity contribution in [2.24, 2.45) is 0 Å². The first kappa shape index (κ1) is 21.0. The maximum Gasteiger partial charge on any atom is 0.270 e. The summed E-state index contributed by atoms with van der Waals surface area (Å²) >= 11 is 0. The van der Waals surface area contributed by atoms with Crippen LogP contribution in [0.2, 0.25) is 0 Å². The fourth-order valence-electron chi connectivity index (χ4n) is 5.14. The van der Waals surface area contributed by atoms with Gasteiger partial charge < -0.3 is 19.3 Å². The Morgan fingerprint density at radius 1 is 0.933 bits per heavy atom. The molecule has 0 saturated carbocycles. The first-order chi connectivity index (χ1) is 14.5. The molecule has 1 aromatic heterocycles. The summed E-state index contributed by atoms with van der Waals surface area (Å²) in [5.41, 5.74) is 7.12. The van der Waals surface area contributed by atoms with Gasteiger partial charge in [-0.1, -0.05) is 31.2 Å². The molecule has 2 aromatic rings. The second-order valence-electron chi connectivity index (χ2n) is 8.84. The van der Waals surface area contributed by atoms with Gasteiger partial charge in [-0.2, -0.15) is 0 Å². The minimum absolute atomic E-state index is 0.208. The second-order valence-corrected chi connectivity index (χ2v) is 8.84. The summed E-state index contributed by atoms with van der Waals surface area (Å²) in [5.74, 6) is 0.208. The zero-order valence-corrected chi connectivity index (χ0v) is 19.1. The van der Waals surface area contributed by atoms with E-state index in [4.69, 9.17) is 0 Å². The van der Waals surface area contributed by atoms with Crippen molar-refractivity contribution < 1.29 is 4.79 Å². The Bertz CT molecular complexity index is 902. The molecule has 5 heteroatoms. The minimum Gasteiger partial charge on any atom is -0.367 e. The molecule has 1 aromatic carbocycles. The highest BCUT2D eigenvalue weighted by Gasteiger charge is 2.31. The van der Waals surface area contributed by atoms with E-state index in [0.717, 1.165) is 76.5 Å². The molecule has 0 N–H and O–H groups in total. The van der Waals surface area contributed by atoms with E-state index >= 15 is 0 Å². The lowest BCUT2D eigenvalue weighted by Gasteiger charge is -2.36. The summed E-state index contributed by atoms with van der Waals surface area (Å²) in [6, 6.07) is 8.53. The van der Waals surface area contributed by atoms with Gasteiger partial charge in [0.25, 0.3) is 5.91 Å². The van der Waals surface area contributed by atoms with E-state index in [9.17, 15) is 4.79 Å². The van der Waals surface area contributed by atoms with Crippen LogP contribution in [0.1, 0.15) is 52.6 Å². The largest absolute Gasteiger partial charge is 0.367 e. The molecule has 0 spiro atoms. The number of aromatic nitrogens is 1. The van der Waals surface area contributed by atoms with Crippen molar-refractivity contribution in [1.29, 1.82) is 0 Å². The first-order valence-electron chi connectivity index (χ1n) is 11.5. The van der Waals surface area contributed by atoms with Gasteiger partial charge in [-0.25, -0.2) is 0 Å². The number of likely N-dealkylation sites (N-methyl/N-ethyl adjacent to an activating group) is 1. The highest BCUT2D eigenvalue weighted by molar-refractivity contribution is 5.97. The molecule has 0 radical (unpaired) electrons. The van der Waals surface area contributed by atoms with Gasteiger partial charge in [-0.15, -0.1) is 0 Å². The summed E-state index contributed by atoms with van der Waals surface area (Å²) in [5, 5.41) is 0. The van der Waals surface area contributed by atoms with Gasteiger partial charge in [0.2, 0.25) is 0 Å². The van der Waals surface area contributed by atoms with Crippen LogP contribution in [0.25, 0.3) is 0 Å². The molecule has 2 aliphatic rings. The Morgan fingerprint density at radius 3 is 2.23 bits per heavy atom. The summed E-state index contributed by atoms with van der Waals surface area (Å²) < 4.78 is 2.29. The molecule has 2 saturated heterocycles. The fraction of sp³-hybridized carbons (Fsp3) is 0.560. The third-order valence-electron chi connectivity index (χ3n) is 7.05. The summed E-state index contributed by atoms with van der Waals surface area (Å²) in [6.07, 6.45) is 2.24. The van der Waals surface area contributed by atoms with E-state index in [2.05, 4.69) is 71.2 Å². The predicted molar refractivity (Wildman–Crippen MR) is 124 cm³/mol. The van der Waals surface area contributed by atoms with E-state index in [-0.39, 0.29) is 5.91 Å². The maximum atomic E-state index is 13.6. The highest BCUT2D eigenvalue weighted by Crippen LogP contribution is 2.34. The Balaban J connectivity index is 1.74. The number of carbonyl (C=O) groups is 1. The van der Waals surface area contributed by atoms with Crippen LogP contribution < -0.4 is 4.90 Å². The monoisotopic (exact) mass is 408 g/mol. The molecule has 0 aliphatic carbocycles. The van der Waals surface area contributed by atoms with Gasteiger partial charge in [0.15, 0.2) is 0 Å². The number of piperazine rings is 1. The molecule has 0 atom stereocenters. The van der Waals surface area contributed by atoms with E-state index in [1.165, 1.54) is 22.5 Å². The van der Waals surface area contributed by atoms with E-state index in [1.54, 1.807) is 0 Å². The normalized spacial score (nSPS) is 17.7. The lowest BCUT2D eigenvalue weighted by Crippen LogP contribution is -2.46. The number of aryl methyl sites for hydroxylation is 1. The van der Waals surface area contributed by atoms with Crippen molar-refractivity contribution in [2.75, 3.05) is 50.7 Å². The van der Waals surface area contributed by atoms with Gasteiger partial charge in [0.05, 0.1) is 5.69 Å². The third kappa shape index (κ3) is 3.87. The molecular formula is C25H36N4O. The van der Waals surface area contributed by atoms with Crippen molar-refractivity contribution in [3.8, 4) is 0 Å². The minimum atomic E-state index is 0.208. The van der Waals surface area contributed by atoms with Gasteiger partial charge in [-0.3, -0.25) is 4.79 Å².